The molecule has 1 aromatic carbocycles. The van der Waals surface area contributed by atoms with E-state index in [2.05, 4.69) is 41.5 Å². The molecule has 19 heavy (non-hydrogen) atoms. The van der Waals surface area contributed by atoms with Crippen LogP contribution in [0.15, 0.2) is 36.7 Å². The van der Waals surface area contributed by atoms with Crippen molar-refractivity contribution in [3.63, 3.8) is 0 Å². The second kappa shape index (κ2) is 6.92. The summed E-state index contributed by atoms with van der Waals surface area (Å²) in [7, 11) is 0. The first-order valence-electron chi connectivity index (χ1n) is 7.06. The molecule has 0 saturated heterocycles. The van der Waals surface area contributed by atoms with E-state index in [9.17, 15) is 0 Å². The molecule has 0 fully saturated rings. The first-order valence-corrected chi connectivity index (χ1v) is 7.06. The van der Waals surface area contributed by atoms with E-state index in [1.807, 2.05) is 12.1 Å². The van der Waals surface area contributed by atoms with Crippen LogP contribution in [0, 0.1) is 0 Å². The maximum absolute atomic E-state index is 4.12. The zero-order chi connectivity index (χ0) is 13.5. The first-order chi connectivity index (χ1) is 9.33. The molecule has 4 nitrogen and oxygen atoms in total. The molecule has 1 heterocycles. The van der Waals surface area contributed by atoms with Crippen LogP contribution < -0.4 is 5.32 Å². The summed E-state index contributed by atoms with van der Waals surface area (Å²) < 4.78 is 0. The fourth-order valence-corrected chi connectivity index (χ4v) is 2.10. The lowest BCUT2D eigenvalue weighted by Gasteiger charge is -2.18. The van der Waals surface area contributed by atoms with Crippen molar-refractivity contribution in [2.24, 2.45) is 0 Å². The standard InChI is InChI=1S/C15H22N4/c1-3-5-6-13(4-2)18-14-7-9-15(10-8-14)19-16-11-12-17-19/h7-13,18H,3-6H2,1-2H3. The fourth-order valence-electron chi connectivity index (χ4n) is 2.10. The Morgan fingerprint density at radius 3 is 2.37 bits per heavy atom. The number of nitrogens with zero attached hydrogens (tertiary/aromatic N) is 3. The summed E-state index contributed by atoms with van der Waals surface area (Å²) in [6, 6.07) is 8.82. The van der Waals surface area contributed by atoms with Gasteiger partial charge in [-0.05, 0) is 37.1 Å². The zero-order valence-corrected chi connectivity index (χ0v) is 11.7. The molecule has 0 amide bonds. The monoisotopic (exact) mass is 258 g/mol. The average molecular weight is 258 g/mol. The molecule has 2 rings (SSSR count). The number of unbranched alkanes of at least 4 members (excludes halogenated alkanes) is 1. The quantitative estimate of drug-likeness (QED) is 0.824. The lowest BCUT2D eigenvalue weighted by molar-refractivity contribution is 0.593. The van der Waals surface area contributed by atoms with Crippen LogP contribution in [-0.2, 0) is 0 Å². The Balaban J connectivity index is 1.98. The molecule has 1 unspecified atom stereocenters. The molecule has 0 radical (unpaired) electrons. The highest BCUT2D eigenvalue weighted by Gasteiger charge is 2.05. The number of benzene rings is 1. The molecule has 0 aliphatic carbocycles. The minimum atomic E-state index is 0.564. The maximum atomic E-state index is 4.12. The highest BCUT2D eigenvalue weighted by atomic mass is 15.5. The summed E-state index contributed by atoms with van der Waals surface area (Å²) in [5.74, 6) is 0. The van der Waals surface area contributed by atoms with E-state index in [1.165, 1.54) is 24.9 Å². The fraction of sp³-hybridized carbons (Fsp3) is 0.467. The number of aromatic nitrogens is 3. The summed E-state index contributed by atoms with van der Waals surface area (Å²) >= 11 is 0. The normalized spacial score (nSPS) is 12.3. The number of hydrogen-bond donors (Lipinski definition) is 1. The van der Waals surface area contributed by atoms with Crippen molar-refractivity contribution in [1.82, 2.24) is 15.0 Å². The van der Waals surface area contributed by atoms with Gasteiger partial charge in [0.1, 0.15) is 0 Å². The molecule has 0 bridgehead atoms. The predicted octanol–water partition coefficient (Wildman–Crippen LogP) is 3.65. The van der Waals surface area contributed by atoms with E-state index in [0.29, 0.717) is 6.04 Å². The van der Waals surface area contributed by atoms with E-state index in [4.69, 9.17) is 0 Å². The smallest absolute Gasteiger partial charge is 0.0858 e. The lowest BCUT2D eigenvalue weighted by Crippen LogP contribution is -2.18. The van der Waals surface area contributed by atoms with E-state index in [-0.39, 0.29) is 0 Å². The molecule has 0 spiro atoms. The Kier molecular flexibility index (Phi) is 4.95. The maximum Gasteiger partial charge on any atom is 0.0858 e. The first kappa shape index (κ1) is 13.6. The Hall–Kier alpha value is -1.84. The van der Waals surface area contributed by atoms with Gasteiger partial charge in [0, 0.05) is 11.7 Å². The number of nitrogens with one attached hydrogen (secondary N) is 1. The van der Waals surface area contributed by atoms with Crippen molar-refractivity contribution in [2.75, 3.05) is 5.32 Å². The van der Waals surface area contributed by atoms with Crippen molar-refractivity contribution in [1.29, 1.82) is 0 Å². The van der Waals surface area contributed by atoms with Crippen molar-refractivity contribution in [3.8, 4) is 5.69 Å². The summed E-state index contributed by atoms with van der Waals surface area (Å²) in [6.07, 6.45) is 8.29. The van der Waals surface area contributed by atoms with E-state index >= 15 is 0 Å². The van der Waals surface area contributed by atoms with Crippen LogP contribution in [0.5, 0.6) is 0 Å². The van der Waals surface area contributed by atoms with Crippen molar-refractivity contribution in [3.05, 3.63) is 36.7 Å². The van der Waals surface area contributed by atoms with Gasteiger partial charge in [0.2, 0.25) is 0 Å². The molecule has 2 aromatic rings. The summed E-state index contributed by atoms with van der Waals surface area (Å²) in [5.41, 5.74) is 2.15. The molecular formula is C15H22N4. The summed E-state index contributed by atoms with van der Waals surface area (Å²) in [5, 5.41) is 11.8. The Bertz CT molecular complexity index is 461. The second-order valence-electron chi connectivity index (χ2n) is 4.76. The molecule has 1 N–H and O–H groups in total. The van der Waals surface area contributed by atoms with Gasteiger partial charge >= 0.3 is 0 Å². The van der Waals surface area contributed by atoms with Gasteiger partial charge in [0.05, 0.1) is 18.1 Å². The van der Waals surface area contributed by atoms with Gasteiger partial charge < -0.3 is 5.32 Å². The van der Waals surface area contributed by atoms with Crippen molar-refractivity contribution >= 4 is 5.69 Å². The zero-order valence-electron chi connectivity index (χ0n) is 11.7. The SMILES string of the molecule is CCCCC(CC)Nc1ccc(-n2nccn2)cc1. The van der Waals surface area contributed by atoms with Crippen LogP contribution in [-0.4, -0.2) is 21.0 Å². The average Bonchev–Trinajstić information content (AvgIpc) is 2.98. The number of anilines is 1. The third-order valence-electron chi connectivity index (χ3n) is 3.29. The van der Waals surface area contributed by atoms with E-state index in [0.717, 1.165) is 12.1 Å². The van der Waals surface area contributed by atoms with Crippen molar-refractivity contribution in [2.45, 2.75) is 45.6 Å². The predicted molar refractivity (Wildman–Crippen MR) is 78.6 cm³/mol. The molecule has 1 atom stereocenters. The third-order valence-corrected chi connectivity index (χ3v) is 3.29. The number of rotatable bonds is 7. The summed E-state index contributed by atoms with van der Waals surface area (Å²) in [4.78, 5) is 1.62. The van der Waals surface area contributed by atoms with Gasteiger partial charge in [-0.25, -0.2) is 0 Å². The topological polar surface area (TPSA) is 42.7 Å². The highest BCUT2D eigenvalue weighted by Crippen LogP contribution is 2.16. The minimum Gasteiger partial charge on any atom is -0.382 e. The number of hydrogen-bond acceptors (Lipinski definition) is 3. The summed E-state index contributed by atoms with van der Waals surface area (Å²) in [6.45, 7) is 4.47. The van der Waals surface area contributed by atoms with Crippen LogP contribution in [0.4, 0.5) is 5.69 Å². The van der Waals surface area contributed by atoms with Crippen LogP contribution in [0.25, 0.3) is 5.69 Å². The van der Waals surface area contributed by atoms with Crippen LogP contribution >= 0.6 is 0 Å². The van der Waals surface area contributed by atoms with Gasteiger partial charge in [-0.2, -0.15) is 15.0 Å². The van der Waals surface area contributed by atoms with Crippen LogP contribution in [0.1, 0.15) is 39.5 Å². The second-order valence-corrected chi connectivity index (χ2v) is 4.76. The van der Waals surface area contributed by atoms with Crippen molar-refractivity contribution < 1.29 is 0 Å². The third kappa shape index (κ3) is 3.81. The van der Waals surface area contributed by atoms with Crippen LogP contribution in [0.3, 0.4) is 0 Å². The van der Waals surface area contributed by atoms with E-state index in [1.54, 1.807) is 17.2 Å². The molecule has 102 valence electrons. The largest absolute Gasteiger partial charge is 0.382 e. The Morgan fingerprint density at radius 2 is 1.79 bits per heavy atom. The molecule has 4 heteroatoms. The molecule has 0 aliphatic heterocycles. The molecule has 0 aliphatic rings. The van der Waals surface area contributed by atoms with E-state index < -0.39 is 0 Å². The Labute approximate surface area is 114 Å². The molecule has 1 aromatic heterocycles. The highest BCUT2D eigenvalue weighted by molar-refractivity contribution is 5.48. The minimum absolute atomic E-state index is 0.564. The lowest BCUT2D eigenvalue weighted by atomic mass is 10.1. The molecular weight excluding hydrogens is 236 g/mol. The van der Waals surface area contributed by atoms with Gasteiger partial charge in [-0.1, -0.05) is 26.7 Å². The van der Waals surface area contributed by atoms with Crippen LogP contribution in [0.2, 0.25) is 0 Å². The molecule has 0 saturated carbocycles. The van der Waals surface area contributed by atoms with Gasteiger partial charge in [-0.3, -0.25) is 0 Å². The van der Waals surface area contributed by atoms with Gasteiger partial charge in [0.15, 0.2) is 0 Å². The van der Waals surface area contributed by atoms with Gasteiger partial charge in [-0.15, -0.1) is 0 Å². The van der Waals surface area contributed by atoms with Gasteiger partial charge in [0.25, 0.3) is 0 Å². The Morgan fingerprint density at radius 1 is 1.11 bits per heavy atom.